The van der Waals surface area contributed by atoms with Crippen molar-refractivity contribution in [3.05, 3.63) is 89.5 Å². The summed E-state index contributed by atoms with van der Waals surface area (Å²) in [6, 6.07) is 21.2. The second-order valence-electron chi connectivity index (χ2n) is 7.73. The molecule has 0 spiro atoms. The fraction of sp³-hybridized carbons (Fsp3) is 0.240. The highest BCUT2D eigenvalue weighted by Crippen LogP contribution is 2.32. The van der Waals surface area contributed by atoms with Crippen molar-refractivity contribution in [2.45, 2.75) is 25.3 Å². The van der Waals surface area contributed by atoms with Gasteiger partial charge in [0.15, 0.2) is 0 Å². The Labute approximate surface area is 190 Å². The zero-order valence-corrected chi connectivity index (χ0v) is 19.6. The molecule has 0 aliphatic heterocycles. The number of anilines is 1. The highest BCUT2D eigenvalue weighted by molar-refractivity contribution is 7.92. The standard InChI is InChI=1S/C25H28N2O4S/c1-19-9-13-21(14-10-19)17-26(3)25(28)18-27(23-7-5-6-8-24(23)31-4)32(29,30)22-15-11-20(2)12-16-22/h5-16H,17-18H2,1-4H3. The smallest absolute Gasteiger partial charge is 0.264 e. The number of hydrogen-bond donors (Lipinski definition) is 0. The minimum Gasteiger partial charge on any atom is -0.495 e. The van der Waals surface area contributed by atoms with Crippen LogP contribution in [-0.2, 0) is 21.4 Å². The van der Waals surface area contributed by atoms with Gasteiger partial charge in [0.05, 0.1) is 17.7 Å². The van der Waals surface area contributed by atoms with E-state index in [1.54, 1.807) is 55.6 Å². The Morgan fingerprint density at radius 3 is 2.03 bits per heavy atom. The summed E-state index contributed by atoms with van der Waals surface area (Å²) in [6.07, 6.45) is 0. The second kappa shape index (κ2) is 9.87. The lowest BCUT2D eigenvalue weighted by Crippen LogP contribution is -2.41. The van der Waals surface area contributed by atoms with E-state index in [0.29, 0.717) is 18.0 Å². The van der Waals surface area contributed by atoms with Crippen LogP contribution in [0.2, 0.25) is 0 Å². The molecule has 0 aliphatic rings. The average molecular weight is 453 g/mol. The van der Waals surface area contributed by atoms with E-state index in [0.717, 1.165) is 21.0 Å². The first kappa shape index (κ1) is 23.3. The molecule has 0 fully saturated rings. The minimum atomic E-state index is -4.00. The van der Waals surface area contributed by atoms with E-state index in [4.69, 9.17) is 4.74 Å². The first-order chi connectivity index (χ1) is 15.2. The van der Waals surface area contributed by atoms with Crippen molar-refractivity contribution in [2.75, 3.05) is 25.0 Å². The maximum Gasteiger partial charge on any atom is 0.264 e. The number of benzene rings is 3. The molecule has 3 aromatic carbocycles. The molecule has 0 heterocycles. The number of aryl methyl sites for hydroxylation is 2. The van der Waals surface area contributed by atoms with Gasteiger partial charge in [0.1, 0.15) is 12.3 Å². The van der Waals surface area contributed by atoms with Crippen LogP contribution in [0.1, 0.15) is 16.7 Å². The normalized spacial score (nSPS) is 11.1. The second-order valence-corrected chi connectivity index (χ2v) is 9.59. The predicted molar refractivity (Wildman–Crippen MR) is 126 cm³/mol. The molecule has 0 atom stereocenters. The van der Waals surface area contributed by atoms with E-state index in [1.165, 1.54) is 12.0 Å². The summed E-state index contributed by atoms with van der Waals surface area (Å²) < 4.78 is 33.6. The summed E-state index contributed by atoms with van der Waals surface area (Å²) in [5, 5.41) is 0. The SMILES string of the molecule is COc1ccccc1N(CC(=O)N(C)Cc1ccc(C)cc1)S(=O)(=O)c1ccc(C)cc1. The number of ether oxygens (including phenoxy) is 1. The molecule has 3 rings (SSSR count). The third-order valence-corrected chi connectivity index (χ3v) is 6.98. The number of rotatable bonds is 8. The number of sulfonamides is 1. The summed E-state index contributed by atoms with van der Waals surface area (Å²) in [7, 11) is -0.864. The Balaban J connectivity index is 1.94. The van der Waals surface area contributed by atoms with Crippen LogP contribution < -0.4 is 9.04 Å². The van der Waals surface area contributed by atoms with Gasteiger partial charge in [-0.3, -0.25) is 9.10 Å². The van der Waals surface area contributed by atoms with Gasteiger partial charge in [-0.25, -0.2) is 8.42 Å². The van der Waals surface area contributed by atoms with E-state index >= 15 is 0 Å². The van der Waals surface area contributed by atoms with Gasteiger partial charge in [0, 0.05) is 13.6 Å². The van der Waals surface area contributed by atoms with E-state index in [9.17, 15) is 13.2 Å². The number of carbonyl (C=O) groups excluding carboxylic acids is 1. The van der Waals surface area contributed by atoms with E-state index in [1.807, 2.05) is 38.1 Å². The Kier molecular flexibility index (Phi) is 7.20. The van der Waals surface area contributed by atoms with Crippen molar-refractivity contribution in [1.29, 1.82) is 0 Å². The molecule has 6 nitrogen and oxygen atoms in total. The van der Waals surface area contributed by atoms with Gasteiger partial charge in [-0.2, -0.15) is 0 Å². The summed E-state index contributed by atoms with van der Waals surface area (Å²) in [6.45, 7) is 3.92. The summed E-state index contributed by atoms with van der Waals surface area (Å²) in [5.41, 5.74) is 3.36. The van der Waals surface area contributed by atoms with Gasteiger partial charge in [0.25, 0.3) is 10.0 Å². The number of nitrogens with zero attached hydrogens (tertiary/aromatic N) is 2. The van der Waals surface area contributed by atoms with Gasteiger partial charge >= 0.3 is 0 Å². The van der Waals surface area contributed by atoms with Crippen LogP contribution in [0.5, 0.6) is 5.75 Å². The third-order valence-electron chi connectivity index (χ3n) is 5.21. The van der Waals surface area contributed by atoms with Crippen molar-refractivity contribution in [3.8, 4) is 5.75 Å². The molecule has 0 aromatic heterocycles. The van der Waals surface area contributed by atoms with E-state index in [-0.39, 0.29) is 17.3 Å². The van der Waals surface area contributed by atoms with Crippen LogP contribution in [-0.4, -0.2) is 39.9 Å². The summed E-state index contributed by atoms with van der Waals surface area (Å²) in [5.74, 6) is 0.0457. The van der Waals surface area contributed by atoms with Crippen molar-refractivity contribution >= 4 is 21.6 Å². The summed E-state index contributed by atoms with van der Waals surface area (Å²) >= 11 is 0. The molecule has 0 aliphatic carbocycles. The molecule has 0 saturated carbocycles. The van der Waals surface area contributed by atoms with Crippen molar-refractivity contribution < 1.29 is 17.9 Å². The van der Waals surface area contributed by atoms with E-state index < -0.39 is 10.0 Å². The maximum absolute atomic E-state index is 13.6. The topological polar surface area (TPSA) is 66.9 Å². The molecule has 1 amide bonds. The van der Waals surface area contributed by atoms with Crippen molar-refractivity contribution in [1.82, 2.24) is 4.90 Å². The number of likely N-dealkylation sites (N-methyl/N-ethyl adjacent to an activating group) is 1. The maximum atomic E-state index is 13.6. The molecular weight excluding hydrogens is 424 g/mol. The van der Waals surface area contributed by atoms with Gasteiger partial charge in [-0.15, -0.1) is 0 Å². The fourth-order valence-corrected chi connectivity index (χ4v) is 4.70. The van der Waals surface area contributed by atoms with Gasteiger partial charge in [-0.05, 0) is 43.7 Å². The van der Waals surface area contributed by atoms with Gasteiger partial charge < -0.3 is 9.64 Å². The van der Waals surface area contributed by atoms with Gasteiger partial charge in [-0.1, -0.05) is 59.7 Å². The van der Waals surface area contributed by atoms with Gasteiger partial charge in [0.2, 0.25) is 5.91 Å². The number of methoxy groups -OCH3 is 1. The van der Waals surface area contributed by atoms with Crippen LogP contribution in [0.25, 0.3) is 0 Å². The van der Waals surface area contributed by atoms with Crippen LogP contribution in [0.4, 0.5) is 5.69 Å². The van der Waals surface area contributed by atoms with E-state index in [2.05, 4.69) is 0 Å². The average Bonchev–Trinajstić information content (AvgIpc) is 2.79. The summed E-state index contributed by atoms with van der Waals surface area (Å²) in [4.78, 5) is 14.7. The van der Waals surface area contributed by atoms with Crippen molar-refractivity contribution in [3.63, 3.8) is 0 Å². The van der Waals surface area contributed by atoms with Crippen LogP contribution in [0.15, 0.2) is 77.7 Å². The Morgan fingerprint density at radius 1 is 0.875 bits per heavy atom. The zero-order valence-electron chi connectivity index (χ0n) is 18.8. The number of hydrogen-bond acceptors (Lipinski definition) is 4. The molecule has 0 bridgehead atoms. The molecule has 0 radical (unpaired) electrons. The fourth-order valence-electron chi connectivity index (χ4n) is 3.27. The first-order valence-corrected chi connectivity index (χ1v) is 11.7. The Hall–Kier alpha value is -3.32. The number of carbonyl (C=O) groups is 1. The molecule has 32 heavy (non-hydrogen) atoms. The molecule has 7 heteroatoms. The zero-order chi connectivity index (χ0) is 23.3. The third kappa shape index (κ3) is 5.29. The van der Waals surface area contributed by atoms with Crippen LogP contribution >= 0.6 is 0 Å². The highest BCUT2D eigenvalue weighted by Gasteiger charge is 2.30. The molecule has 0 unspecified atom stereocenters. The molecule has 0 N–H and O–H groups in total. The van der Waals surface area contributed by atoms with Crippen LogP contribution in [0.3, 0.4) is 0 Å². The lowest BCUT2D eigenvalue weighted by atomic mass is 10.1. The Bertz CT molecular complexity index is 1170. The van der Waals surface area contributed by atoms with Crippen molar-refractivity contribution in [2.24, 2.45) is 0 Å². The predicted octanol–water partition coefficient (Wildman–Crippen LogP) is 4.17. The lowest BCUT2D eigenvalue weighted by molar-refractivity contribution is -0.128. The molecule has 168 valence electrons. The monoisotopic (exact) mass is 452 g/mol. The first-order valence-electron chi connectivity index (χ1n) is 10.2. The number of amides is 1. The molecule has 0 saturated heterocycles. The lowest BCUT2D eigenvalue weighted by Gasteiger charge is -2.28. The molecular formula is C25H28N2O4S. The Morgan fingerprint density at radius 2 is 1.44 bits per heavy atom. The number of para-hydroxylation sites is 2. The highest BCUT2D eigenvalue weighted by atomic mass is 32.2. The largest absolute Gasteiger partial charge is 0.495 e. The van der Waals surface area contributed by atoms with Crippen LogP contribution in [0, 0.1) is 13.8 Å². The quantitative estimate of drug-likeness (QED) is 0.515. The molecule has 3 aromatic rings. The minimum absolute atomic E-state index is 0.114.